The summed E-state index contributed by atoms with van der Waals surface area (Å²) in [6.45, 7) is 0. The van der Waals surface area contributed by atoms with Gasteiger partial charge in [-0.15, -0.1) is 0 Å². The zero-order valence-corrected chi connectivity index (χ0v) is 12.7. The van der Waals surface area contributed by atoms with E-state index in [0.29, 0.717) is 5.92 Å². The molecule has 0 saturated heterocycles. The molecule has 0 aliphatic rings. The zero-order chi connectivity index (χ0) is 13.8. The molecule has 0 bridgehead atoms. The first-order valence-corrected chi connectivity index (χ1v) is 8.22. The highest BCUT2D eigenvalue weighted by Gasteiger charge is 2.11. The van der Waals surface area contributed by atoms with Crippen LogP contribution in [0.2, 0.25) is 0 Å². The highest BCUT2D eigenvalue weighted by Crippen LogP contribution is 2.26. The number of H-pyrrole nitrogens is 1. The molecule has 0 spiro atoms. The number of imidazole rings is 1. The van der Waals surface area contributed by atoms with Gasteiger partial charge in [-0.3, -0.25) is 0 Å². The van der Waals surface area contributed by atoms with E-state index in [1.807, 2.05) is 24.3 Å². The first kappa shape index (κ1) is 13.6. The Bertz CT molecular complexity index is 646. The molecule has 1 unspecified atom stereocenters. The fraction of sp³-hybridized carbons (Fsp3) is 0.188. The standard InChI is InChI=1S/C16H16N2S2/c19-10-13(12-6-2-1-3-7-12)11-20-16-17-14-8-4-5-9-15(14)18-16/h1-9,13,19H,10-11H2,(H,17,18). The number of thiol groups is 1. The van der Waals surface area contributed by atoms with Gasteiger partial charge in [-0.05, 0) is 23.4 Å². The summed E-state index contributed by atoms with van der Waals surface area (Å²) < 4.78 is 0. The summed E-state index contributed by atoms with van der Waals surface area (Å²) in [5.41, 5.74) is 3.46. The van der Waals surface area contributed by atoms with Gasteiger partial charge in [0.05, 0.1) is 11.0 Å². The van der Waals surface area contributed by atoms with Crippen LogP contribution in [-0.4, -0.2) is 21.5 Å². The average Bonchev–Trinajstić information content (AvgIpc) is 2.92. The number of aromatic amines is 1. The van der Waals surface area contributed by atoms with Crippen molar-refractivity contribution in [3.05, 3.63) is 60.2 Å². The number of hydrogen-bond donors (Lipinski definition) is 2. The Kier molecular flexibility index (Phi) is 4.33. The predicted octanol–water partition coefficient (Wildman–Crippen LogP) is 4.37. The molecule has 2 nitrogen and oxygen atoms in total. The van der Waals surface area contributed by atoms with Gasteiger partial charge in [0.2, 0.25) is 0 Å². The number of nitrogens with zero attached hydrogens (tertiary/aromatic N) is 1. The maximum Gasteiger partial charge on any atom is 0.166 e. The molecule has 20 heavy (non-hydrogen) atoms. The molecular formula is C16H16N2S2. The van der Waals surface area contributed by atoms with Crippen molar-refractivity contribution in [1.82, 2.24) is 9.97 Å². The van der Waals surface area contributed by atoms with E-state index in [-0.39, 0.29) is 0 Å². The minimum Gasteiger partial charge on any atom is -0.333 e. The molecule has 3 rings (SSSR count). The van der Waals surface area contributed by atoms with E-state index >= 15 is 0 Å². The summed E-state index contributed by atoms with van der Waals surface area (Å²) in [6, 6.07) is 18.7. The number of para-hydroxylation sites is 2. The number of aromatic nitrogens is 2. The van der Waals surface area contributed by atoms with Crippen molar-refractivity contribution in [1.29, 1.82) is 0 Å². The van der Waals surface area contributed by atoms with Crippen LogP contribution in [0.25, 0.3) is 11.0 Å². The van der Waals surface area contributed by atoms with Crippen molar-refractivity contribution in [2.24, 2.45) is 0 Å². The van der Waals surface area contributed by atoms with E-state index in [0.717, 1.165) is 27.7 Å². The van der Waals surface area contributed by atoms with Crippen molar-refractivity contribution in [3.63, 3.8) is 0 Å². The highest BCUT2D eigenvalue weighted by molar-refractivity contribution is 7.99. The summed E-state index contributed by atoms with van der Waals surface area (Å²) in [4.78, 5) is 7.95. The lowest BCUT2D eigenvalue weighted by atomic mass is 10.0. The minimum atomic E-state index is 0.442. The van der Waals surface area contributed by atoms with Crippen molar-refractivity contribution < 1.29 is 0 Å². The van der Waals surface area contributed by atoms with Gasteiger partial charge in [-0.25, -0.2) is 4.98 Å². The van der Waals surface area contributed by atoms with Crippen molar-refractivity contribution in [3.8, 4) is 0 Å². The van der Waals surface area contributed by atoms with Crippen LogP contribution in [0.4, 0.5) is 0 Å². The molecule has 0 radical (unpaired) electrons. The second-order valence-electron chi connectivity index (χ2n) is 4.66. The zero-order valence-electron chi connectivity index (χ0n) is 11.0. The van der Waals surface area contributed by atoms with E-state index in [4.69, 9.17) is 0 Å². The Hall–Kier alpha value is -1.39. The van der Waals surface area contributed by atoms with Crippen LogP contribution in [-0.2, 0) is 0 Å². The molecule has 1 aromatic heterocycles. The van der Waals surface area contributed by atoms with Crippen molar-refractivity contribution in [2.45, 2.75) is 11.1 Å². The molecule has 4 heteroatoms. The lowest BCUT2D eigenvalue weighted by molar-refractivity contribution is 0.893. The molecule has 0 saturated carbocycles. The van der Waals surface area contributed by atoms with Crippen LogP contribution in [0.3, 0.4) is 0 Å². The van der Waals surface area contributed by atoms with Crippen LogP contribution >= 0.6 is 24.4 Å². The summed E-state index contributed by atoms with van der Waals surface area (Å²) in [7, 11) is 0. The Morgan fingerprint density at radius 3 is 2.55 bits per heavy atom. The van der Waals surface area contributed by atoms with Gasteiger partial charge in [-0.2, -0.15) is 12.6 Å². The van der Waals surface area contributed by atoms with Gasteiger partial charge >= 0.3 is 0 Å². The quantitative estimate of drug-likeness (QED) is 0.541. The Labute approximate surface area is 128 Å². The van der Waals surface area contributed by atoms with Gasteiger partial charge in [0.1, 0.15) is 0 Å². The second-order valence-corrected chi connectivity index (χ2v) is 6.03. The number of nitrogens with one attached hydrogen (secondary N) is 1. The number of thioether (sulfide) groups is 1. The summed E-state index contributed by atoms with van der Waals surface area (Å²) >= 11 is 6.24. The maximum atomic E-state index is 4.60. The molecule has 0 fully saturated rings. The largest absolute Gasteiger partial charge is 0.333 e. The van der Waals surface area contributed by atoms with Gasteiger partial charge < -0.3 is 4.98 Å². The normalized spacial score (nSPS) is 12.7. The topological polar surface area (TPSA) is 28.7 Å². The van der Waals surface area contributed by atoms with Gasteiger partial charge in [-0.1, -0.05) is 54.2 Å². The third-order valence-corrected chi connectivity index (χ3v) is 4.76. The molecular weight excluding hydrogens is 284 g/mol. The molecule has 2 aromatic carbocycles. The average molecular weight is 300 g/mol. The van der Waals surface area contributed by atoms with Gasteiger partial charge in [0.15, 0.2) is 5.16 Å². The minimum absolute atomic E-state index is 0.442. The molecule has 0 amide bonds. The van der Waals surface area contributed by atoms with Crippen LogP contribution in [0.5, 0.6) is 0 Å². The van der Waals surface area contributed by atoms with Crippen LogP contribution in [0.1, 0.15) is 11.5 Å². The summed E-state index contributed by atoms with van der Waals surface area (Å²) in [6.07, 6.45) is 0. The van der Waals surface area contributed by atoms with Crippen molar-refractivity contribution >= 4 is 35.4 Å². The SMILES string of the molecule is SCC(CSc1nc2ccccc2[nH]1)c1ccccc1. The van der Waals surface area contributed by atoms with E-state index in [1.54, 1.807) is 11.8 Å². The van der Waals surface area contributed by atoms with Crippen LogP contribution in [0.15, 0.2) is 59.8 Å². The fourth-order valence-electron chi connectivity index (χ4n) is 2.16. The first-order valence-electron chi connectivity index (χ1n) is 6.60. The second kappa shape index (κ2) is 6.37. The first-order chi connectivity index (χ1) is 9.86. The Morgan fingerprint density at radius 1 is 1.05 bits per heavy atom. The van der Waals surface area contributed by atoms with Gasteiger partial charge in [0.25, 0.3) is 0 Å². The summed E-state index contributed by atoms with van der Waals surface area (Å²) in [5.74, 6) is 2.27. The van der Waals surface area contributed by atoms with E-state index in [2.05, 4.69) is 52.9 Å². The van der Waals surface area contributed by atoms with Crippen LogP contribution < -0.4 is 0 Å². The molecule has 102 valence electrons. The lowest BCUT2D eigenvalue weighted by Gasteiger charge is -2.13. The number of hydrogen-bond acceptors (Lipinski definition) is 3. The Balaban J connectivity index is 1.71. The predicted molar refractivity (Wildman–Crippen MR) is 89.9 cm³/mol. The fourth-order valence-corrected chi connectivity index (χ4v) is 3.69. The van der Waals surface area contributed by atoms with E-state index in [9.17, 15) is 0 Å². The smallest absolute Gasteiger partial charge is 0.166 e. The highest BCUT2D eigenvalue weighted by atomic mass is 32.2. The third-order valence-electron chi connectivity index (χ3n) is 3.28. The number of rotatable bonds is 5. The molecule has 0 aliphatic carbocycles. The maximum absolute atomic E-state index is 4.60. The number of benzene rings is 2. The molecule has 3 aromatic rings. The lowest BCUT2D eigenvalue weighted by Crippen LogP contribution is -2.03. The third kappa shape index (κ3) is 3.02. The van der Waals surface area contributed by atoms with Crippen molar-refractivity contribution in [2.75, 3.05) is 11.5 Å². The van der Waals surface area contributed by atoms with Gasteiger partial charge in [0, 0.05) is 11.7 Å². The number of fused-ring (bicyclic) bond motifs is 1. The monoisotopic (exact) mass is 300 g/mol. The molecule has 1 atom stereocenters. The summed E-state index contributed by atoms with van der Waals surface area (Å²) in [5, 5.41) is 0.980. The Morgan fingerprint density at radius 2 is 1.80 bits per heavy atom. The molecule has 1 N–H and O–H groups in total. The van der Waals surface area contributed by atoms with E-state index < -0.39 is 0 Å². The van der Waals surface area contributed by atoms with Crippen LogP contribution in [0, 0.1) is 0 Å². The molecule has 1 heterocycles. The van der Waals surface area contributed by atoms with E-state index in [1.165, 1.54) is 5.56 Å². The molecule has 0 aliphatic heterocycles.